The molecule has 1 fully saturated rings. The third-order valence-corrected chi connectivity index (χ3v) is 6.98. The summed E-state index contributed by atoms with van der Waals surface area (Å²) in [5, 5.41) is 0.590. The molecule has 1 atom stereocenters. The summed E-state index contributed by atoms with van der Waals surface area (Å²) in [4.78, 5) is 17.1. The zero-order valence-corrected chi connectivity index (χ0v) is 20.3. The summed E-state index contributed by atoms with van der Waals surface area (Å²) >= 11 is 4.11. The third-order valence-electron chi connectivity index (χ3n) is 5.90. The number of hydrogen-bond donors (Lipinski definition) is 1. The Morgan fingerprint density at radius 3 is 2.75 bits per heavy atom. The average Bonchev–Trinajstić information content (AvgIpc) is 3.41. The van der Waals surface area contributed by atoms with E-state index >= 15 is 0 Å². The van der Waals surface area contributed by atoms with Crippen LogP contribution in [0.15, 0.2) is 24.4 Å². The van der Waals surface area contributed by atoms with Crippen LogP contribution in [0.4, 0.5) is 0 Å². The molecule has 0 spiro atoms. The highest BCUT2D eigenvalue weighted by atomic mass is 35.5. The van der Waals surface area contributed by atoms with Crippen molar-refractivity contribution in [1.29, 1.82) is 0 Å². The number of carbonyl (C=O) groups excluding carboxylic acids is 1. The van der Waals surface area contributed by atoms with Gasteiger partial charge in [0.25, 0.3) is 17.2 Å². The van der Waals surface area contributed by atoms with Crippen LogP contribution in [-0.4, -0.2) is 41.7 Å². The largest absolute Gasteiger partial charge is 0.493 e. The highest BCUT2D eigenvalue weighted by Gasteiger charge is 2.23. The summed E-state index contributed by atoms with van der Waals surface area (Å²) in [5.41, 5.74) is 1.03. The SMILES string of the molecule is CCCCCN(C(=O)c1cn(Cc2ccc(OCC3CCCC3)cc2Cl)c(C)n1)S(=O)O. The Kier molecular flexibility index (Phi) is 9.13. The molecule has 0 bridgehead atoms. The van der Waals surface area contributed by atoms with E-state index in [1.807, 2.05) is 29.7 Å². The molecule has 1 aromatic carbocycles. The van der Waals surface area contributed by atoms with E-state index in [0.29, 0.717) is 29.7 Å². The lowest BCUT2D eigenvalue weighted by Crippen LogP contribution is -2.33. The Labute approximate surface area is 197 Å². The maximum atomic E-state index is 12.7. The smallest absolute Gasteiger partial charge is 0.287 e. The lowest BCUT2D eigenvalue weighted by atomic mass is 10.1. The molecule has 1 amide bonds. The molecule has 1 saturated carbocycles. The molecule has 1 aliphatic carbocycles. The van der Waals surface area contributed by atoms with Gasteiger partial charge in [-0.3, -0.25) is 9.35 Å². The van der Waals surface area contributed by atoms with Crippen LogP contribution in [0.25, 0.3) is 0 Å². The first-order chi connectivity index (χ1) is 15.4. The molecule has 0 radical (unpaired) electrons. The van der Waals surface area contributed by atoms with E-state index in [4.69, 9.17) is 16.3 Å². The summed E-state index contributed by atoms with van der Waals surface area (Å²) in [6.45, 7) is 5.21. The van der Waals surface area contributed by atoms with Crippen molar-refractivity contribution in [2.75, 3.05) is 13.2 Å². The summed E-state index contributed by atoms with van der Waals surface area (Å²) in [6, 6.07) is 5.67. The predicted molar refractivity (Wildman–Crippen MR) is 126 cm³/mol. The van der Waals surface area contributed by atoms with Gasteiger partial charge in [-0.1, -0.05) is 50.3 Å². The van der Waals surface area contributed by atoms with Gasteiger partial charge in [-0.15, -0.1) is 0 Å². The molecule has 7 nitrogen and oxygen atoms in total. The van der Waals surface area contributed by atoms with Crippen LogP contribution in [0.2, 0.25) is 5.02 Å². The van der Waals surface area contributed by atoms with Crippen molar-refractivity contribution in [3.8, 4) is 5.75 Å². The lowest BCUT2D eigenvalue weighted by Gasteiger charge is -2.16. The molecule has 3 rings (SSSR count). The Bertz CT molecular complexity index is 943. The molecule has 1 aliphatic rings. The summed E-state index contributed by atoms with van der Waals surface area (Å²) in [5.74, 6) is 1.47. The first-order valence-corrected chi connectivity index (χ1v) is 12.7. The molecular weight excluding hydrogens is 450 g/mol. The average molecular weight is 482 g/mol. The van der Waals surface area contributed by atoms with E-state index in [1.54, 1.807) is 13.1 Å². The molecule has 32 heavy (non-hydrogen) atoms. The minimum atomic E-state index is -2.38. The number of ether oxygens (including phenoxy) is 1. The molecule has 2 aromatic rings. The zero-order valence-electron chi connectivity index (χ0n) is 18.8. The molecule has 1 N–H and O–H groups in total. The van der Waals surface area contributed by atoms with Crippen molar-refractivity contribution in [2.24, 2.45) is 5.92 Å². The Morgan fingerprint density at radius 1 is 1.34 bits per heavy atom. The van der Waals surface area contributed by atoms with Gasteiger partial charge in [-0.05, 0) is 49.8 Å². The number of aromatic nitrogens is 2. The second-order valence-electron chi connectivity index (χ2n) is 8.36. The monoisotopic (exact) mass is 481 g/mol. The number of benzene rings is 1. The molecule has 0 aliphatic heterocycles. The minimum Gasteiger partial charge on any atom is -0.493 e. The van der Waals surface area contributed by atoms with Gasteiger partial charge in [0.05, 0.1) is 13.2 Å². The van der Waals surface area contributed by atoms with Gasteiger partial charge in [-0.25, -0.2) is 13.5 Å². The number of amides is 1. The molecule has 1 unspecified atom stereocenters. The summed E-state index contributed by atoms with van der Waals surface area (Å²) in [6.07, 6.45) is 9.14. The maximum Gasteiger partial charge on any atom is 0.287 e. The van der Waals surface area contributed by atoms with Crippen molar-refractivity contribution in [2.45, 2.75) is 65.3 Å². The van der Waals surface area contributed by atoms with Crippen LogP contribution in [-0.2, 0) is 17.8 Å². The first-order valence-electron chi connectivity index (χ1n) is 11.3. The van der Waals surface area contributed by atoms with Gasteiger partial charge < -0.3 is 9.30 Å². The van der Waals surface area contributed by atoms with E-state index in [0.717, 1.165) is 35.1 Å². The minimum absolute atomic E-state index is 0.147. The number of nitrogens with zero attached hydrogens (tertiary/aromatic N) is 3. The van der Waals surface area contributed by atoms with Crippen molar-refractivity contribution in [3.05, 3.63) is 46.5 Å². The molecule has 176 valence electrons. The van der Waals surface area contributed by atoms with Crippen molar-refractivity contribution in [1.82, 2.24) is 13.9 Å². The number of carbonyl (C=O) groups is 1. The van der Waals surface area contributed by atoms with Crippen molar-refractivity contribution < 1.29 is 18.3 Å². The Balaban J connectivity index is 1.66. The Morgan fingerprint density at radius 2 is 2.09 bits per heavy atom. The standard InChI is InChI=1S/C23H32ClN3O4S/c1-3-4-7-12-27(32(29)30)23(28)22-15-26(17(2)25-22)14-19-10-11-20(13-21(19)24)31-16-18-8-5-6-9-18/h10-11,13,15,18H,3-9,12,14,16H2,1-2H3,(H,29,30). The number of aryl methyl sites for hydroxylation is 1. The number of imidazole rings is 1. The van der Waals surface area contributed by atoms with E-state index in [-0.39, 0.29) is 12.2 Å². The fourth-order valence-electron chi connectivity index (χ4n) is 3.98. The maximum absolute atomic E-state index is 12.7. The predicted octanol–water partition coefficient (Wildman–Crippen LogP) is 5.23. The van der Waals surface area contributed by atoms with Gasteiger partial charge in [-0.2, -0.15) is 0 Å². The molecule has 1 aromatic heterocycles. The number of halogens is 1. The molecule has 9 heteroatoms. The number of unbranched alkanes of at least 4 members (excludes halogenated alkanes) is 2. The third kappa shape index (κ3) is 6.56. The highest BCUT2D eigenvalue weighted by Crippen LogP contribution is 2.28. The van der Waals surface area contributed by atoms with E-state index in [2.05, 4.69) is 4.98 Å². The van der Waals surface area contributed by atoms with Crippen LogP contribution in [0.5, 0.6) is 5.75 Å². The second kappa shape index (κ2) is 11.8. The second-order valence-corrected chi connectivity index (χ2v) is 9.67. The first kappa shape index (κ1) is 24.7. The summed E-state index contributed by atoms with van der Waals surface area (Å²) < 4.78 is 29.9. The number of hydrogen-bond acceptors (Lipinski definition) is 4. The Hall–Kier alpha value is -1.90. The van der Waals surface area contributed by atoms with Gasteiger partial charge in [0, 0.05) is 17.8 Å². The topological polar surface area (TPSA) is 84.7 Å². The van der Waals surface area contributed by atoms with E-state index < -0.39 is 17.2 Å². The van der Waals surface area contributed by atoms with Crippen LogP contribution in [0.1, 0.15) is 73.7 Å². The number of rotatable bonds is 11. The van der Waals surface area contributed by atoms with Crippen LogP contribution in [0.3, 0.4) is 0 Å². The zero-order chi connectivity index (χ0) is 23.1. The summed E-state index contributed by atoms with van der Waals surface area (Å²) in [7, 11) is 0. The van der Waals surface area contributed by atoms with E-state index in [1.165, 1.54) is 25.7 Å². The van der Waals surface area contributed by atoms with Crippen molar-refractivity contribution in [3.63, 3.8) is 0 Å². The lowest BCUT2D eigenvalue weighted by molar-refractivity contribution is 0.0853. The van der Waals surface area contributed by atoms with Gasteiger partial charge in [0.2, 0.25) is 0 Å². The fraction of sp³-hybridized carbons (Fsp3) is 0.565. The van der Waals surface area contributed by atoms with Crippen LogP contribution in [0, 0.1) is 12.8 Å². The van der Waals surface area contributed by atoms with E-state index in [9.17, 15) is 13.6 Å². The highest BCUT2D eigenvalue weighted by molar-refractivity contribution is 7.77. The molecular formula is C23H32ClN3O4S. The van der Waals surface area contributed by atoms with Gasteiger partial charge in [0.1, 0.15) is 17.3 Å². The van der Waals surface area contributed by atoms with Gasteiger partial charge in [0.15, 0.2) is 0 Å². The quantitative estimate of drug-likeness (QED) is 0.351. The molecule has 1 heterocycles. The molecule has 0 saturated heterocycles. The van der Waals surface area contributed by atoms with Crippen LogP contribution >= 0.6 is 11.6 Å². The normalized spacial score (nSPS) is 15.1. The van der Waals surface area contributed by atoms with Crippen molar-refractivity contribution >= 4 is 28.8 Å². The fourth-order valence-corrected chi connectivity index (χ4v) is 4.73. The van der Waals surface area contributed by atoms with Crippen LogP contribution < -0.4 is 4.74 Å². The van der Waals surface area contributed by atoms with Gasteiger partial charge >= 0.3 is 0 Å².